The molecule has 0 aromatic rings. The van der Waals surface area contributed by atoms with Gasteiger partial charge >= 0.3 is 0 Å². The molecule has 3 N–H and O–H groups in total. The van der Waals surface area contributed by atoms with Crippen molar-refractivity contribution in [3.63, 3.8) is 0 Å². The monoisotopic (exact) mass is 327 g/mol. The van der Waals surface area contributed by atoms with Gasteiger partial charge in [0.05, 0.1) is 25.7 Å². The largest absolute Gasteiger partial charge is 0.380 e. The zero-order valence-corrected chi connectivity index (χ0v) is 14.5. The quantitative estimate of drug-likeness (QED) is 0.688. The fourth-order valence-corrected chi connectivity index (χ4v) is 3.75. The molecule has 1 aliphatic carbocycles. The summed E-state index contributed by atoms with van der Waals surface area (Å²) in [4.78, 5) is 14.7. The Bertz CT molecular complexity index is 349. The molecular formula is C17H33N3O3. The lowest BCUT2D eigenvalue weighted by Crippen LogP contribution is -2.49. The van der Waals surface area contributed by atoms with Crippen LogP contribution < -0.4 is 11.1 Å². The lowest BCUT2D eigenvalue weighted by molar-refractivity contribution is -0.124. The molecule has 1 saturated heterocycles. The number of amides is 1. The van der Waals surface area contributed by atoms with Gasteiger partial charge in [0.1, 0.15) is 0 Å². The van der Waals surface area contributed by atoms with E-state index < -0.39 is 0 Å². The summed E-state index contributed by atoms with van der Waals surface area (Å²) in [5.41, 5.74) is 5.82. The molecule has 2 fully saturated rings. The van der Waals surface area contributed by atoms with Gasteiger partial charge in [-0.05, 0) is 12.8 Å². The Morgan fingerprint density at radius 1 is 1.30 bits per heavy atom. The zero-order chi connectivity index (χ0) is 16.5. The van der Waals surface area contributed by atoms with Crippen molar-refractivity contribution in [2.45, 2.75) is 44.6 Å². The number of methoxy groups -OCH3 is 1. The predicted octanol–water partition coefficient (Wildman–Crippen LogP) is 0.749. The fourth-order valence-electron chi connectivity index (χ4n) is 3.75. The molecule has 0 spiro atoms. The third-order valence-electron chi connectivity index (χ3n) is 5.25. The summed E-state index contributed by atoms with van der Waals surface area (Å²) in [6.45, 7) is 5.89. The van der Waals surface area contributed by atoms with E-state index in [9.17, 15) is 4.79 Å². The number of carbonyl (C=O) groups is 1. The number of ether oxygens (including phenoxy) is 2. The molecule has 0 aromatic heterocycles. The molecular weight excluding hydrogens is 294 g/mol. The summed E-state index contributed by atoms with van der Waals surface area (Å²) in [5, 5.41) is 3.15. The van der Waals surface area contributed by atoms with Crippen molar-refractivity contribution in [1.82, 2.24) is 10.2 Å². The van der Waals surface area contributed by atoms with Crippen LogP contribution in [0.1, 0.15) is 38.5 Å². The molecule has 0 radical (unpaired) electrons. The van der Waals surface area contributed by atoms with Crippen LogP contribution in [0.5, 0.6) is 0 Å². The number of morpholine rings is 1. The Balaban J connectivity index is 1.86. The van der Waals surface area contributed by atoms with Crippen molar-refractivity contribution in [2.24, 2.45) is 11.1 Å². The number of rotatable bonds is 8. The summed E-state index contributed by atoms with van der Waals surface area (Å²) in [7, 11) is 1.60. The van der Waals surface area contributed by atoms with E-state index in [1.54, 1.807) is 7.11 Å². The van der Waals surface area contributed by atoms with Gasteiger partial charge in [-0.15, -0.1) is 0 Å². The molecule has 1 atom stereocenters. The maximum Gasteiger partial charge on any atom is 0.222 e. The highest BCUT2D eigenvalue weighted by atomic mass is 16.5. The molecule has 23 heavy (non-hydrogen) atoms. The number of hydrogen-bond donors (Lipinski definition) is 2. The molecule has 2 rings (SSSR count). The number of nitrogens with two attached hydrogens (primary N) is 1. The molecule has 1 aliphatic heterocycles. The topological polar surface area (TPSA) is 76.8 Å². The minimum atomic E-state index is -0.184. The molecule has 2 aliphatic rings. The first kappa shape index (κ1) is 18.6. The lowest BCUT2D eigenvalue weighted by Gasteiger charge is -2.42. The van der Waals surface area contributed by atoms with Gasteiger partial charge in [0.25, 0.3) is 0 Å². The molecule has 1 saturated carbocycles. The molecule has 6 heteroatoms. The van der Waals surface area contributed by atoms with Crippen molar-refractivity contribution in [3.8, 4) is 0 Å². The van der Waals surface area contributed by atoms with Gasteiger partial charge < -0.3 is 20.5 Å². The van der Waals surface area contributed by atoms with Crippen LogP contribution in [-0.2, 0) is 14.3 Å². The SMILES string of the molecule is COC(CN)CC(=O)NCC1(CN2CCOCC2)CCCCC1. The van der Waals surface area contributed by atoms with E-state index in [1.165, 1.54) is 32.1 Å². The first-order valence-electron chi connectivity index (χ1n) is 8.97. The summed E-state index contributed by atoms with van der Waals surface area (Å²) >= 11 is 0. The van der Waals surface area contributed by atoms with Crippen LogP contribution in [0.2, 0.25) is 0 Å². The summed E-state index contributed by atoms with van der Waals surface area (Å²) in [5.74, 6) is 0.0502. The molecule has 0 aromatic carbocycles. The van der Waals surface area contributed by atoms with E-state index in [4.69, 9.17) is 15.2 Å². The zero-order valence-electron chi connectivity index (χ0n) is 14.5. The van der Waals surface area contributed by atoms with Gasteiger partial charge in [0.2, 0.25) is 5.91 Å². The predicted molar refractivity (Wildman–Crippen MR) is 90.3 cm³/mol. The molecule has 1 amide bonds. The summed E-state index contributed by atoms with van der Waals surface area (Å²) in [6, 6.07) is 0. The Morgan fingerprint density at radius 2 is 2.00 bits per heavy atom. The van der Waals surface area contributed by atoms with Gasteiger partial charge in [0.15, 0.2) is 0 Å². The maximum absolute atomic E-state index is 12.2. The Hall–Kier alpha value is -0.690. The summed E-state index contributed by atoms with van der Waals surface area (Å²) in [6.07, 6.45) is 6.42. The van der Waals surface area contributed by atoms with Crippen molar-refractivity contribution in [2.75, 3.05) is 53.0 Å². The summed E-state index contributed by atoms with van der Waals surface area (Å²) < 4.78 is 10.7. The standard InChI is InChI=1S/C17H33N3O3/c1-22-15(12-18)11-16(21)19-13-17(5-3-2-4-6-17)14-20-7-9-23-10-8-20/h15H,2-14,18H2,1H3,(H,19,21). The van der Waals surface area contributed by atoms with Crippen LogP contribution in [-0.4, -0.2) is 70.0 Å². The molecule has 134 valence electrons. The molecule has 6 nitrogen and oxygen atoms in total. The van der Waals surface area contributed by atoms with Crippen LogP contribution in [0.15, 0.2) is 0 Å². The second kappa shape index (κ2) is 9.57. The van der Waals surface area contributed by atoms with Crippen molar-refractivity contribution < 1.29 is 14.3 Å². The van der Waals surface area contributed by atoms with E-state index in [0.717, 1.165) is 39.4 Å². The number of hydrogen-bond acceptors (Lipinski definition) is 5. The first-order chi connectivity index (χ1) is 11.2. The van der Waals surface area contributed by atoms with E-state index in [-0.39, 0.29) is 17.4 Å². The molecule has 1 heterocycles. The highest BCUT2D eigenvalue weighted by Gasteiger charge is 2.34. The van der Waals surface area contributed by atoms with Crippen molar-refractivity contribution in [3.05, 3.63) is 0 Å². The third kappa shape index (κ3) is 6.03. The second-order valence-electron chi connectivity index (χ2n) is 7.02. The van der Waals surface area contributed by atoms with Crippen LogP contribution in [0.25, 0.3) is 0 Å². The average molecular weight is 327 g/mol. The van der Waals surface area contributed by atoms with E-state index in [2.05, 4.69) is 10.2 Å². The highest BCUT2D eigenvalue weighted by Crippen LogP contribution is 2.36. The van der Waals surface area contributed by atoms with Crippen molar-refractivity contribution >= 4 is 5.91 Å². The minimum absolute atomic E-state index is 0.0502. The first-order valence-corrected chi connectivity index (χ1v) is 8.97. The van der Waals surface area contributed by atoms with Gasteiger partial charge in [-0.1, -0.05) is 19.3 Å². The van der Waals surface area contributed by atoms with Crippen LogP contribution >= 0.6 is 0 Å². The van der Waals surface area contributed by atoms with E-state index >= 15 is 0 Å². The van der Waals surface area contributed by atoms with Crippen LogP contribution in [0.3, 0.4) is 0 Å². The third-order valence-corrected chi connectivity index (χ3v) is 5.25. The maximum atomic E-state index is 12.2. The Morgan fingerprint density at radius 3 is 2.61 bits per heavy atom. The van der Waals surface area contributed by atoms with Gasteiger partial charge in [0, 0.05) is 45.2 Å². The second-order valence-corrected chi connectivity index (χ2v) is 7.02. The number of carbonyl (C=O) groups excluding carboxylic acids is 1. The number of nitrogens with zero attached hydrogens (tertiary/aromatic N) is 1. The minimum Gasteiger partial charge on any atom is -0.380 e. The van der Waals surface area contributed by atoms with Crippen LogP contribution in [0, 0.1) is 5.41 Å². The fraction of sp³-hybridized carbons (Fsp3) is 0.941. The molecule has 0 bridgehead atoms. The Labute approximate surface area is 140 Å². The smallest absolute Gasteiger partial charge is 0.222 e. The van der Waals surface area contributed by atoms with Gasteiger partial charge in [-0.3, -0.25) is 9.69 Å². The normalized spacial score (nSPS) is 23.4. The Kier molecular flexibility index (Phi) is 7.76. The number of nitrogens with one attached hydrogen (secondary N) is 1. The highest BCUT2D eigenvalue weighted by molar-refractivity contribution is 5.76. The van der Waals surface area contributed by atoms with Gasteiger partial charge in [-0.2, -0.15) is 0 Å². The van der Waals surface area contributed by atoms with E-state index in [1.807, 2.05) is 0 Å². The van der Waals surface area contributed by atoms with E-state index in [0.29, 0.717) is 13.0 Å². The molecule has 1 unspecified atom stereocenters. The lowest BCUT2D eigenvalue weighted by atomic mass is 9.73. The van der Waals surface area contributed by atoms with Crippen LogP contribution in [0.4, 0.5) is 0 Å². The van der Waals surface area contributed by atoms with Crippen molar-refractivity contribution in [1.29, 1.82) is 0 Å². The van der Waals surface area contributed by atoms with Gasteiger partial charge in [-0.25, -0.2) is 0 Å². The average Bonchev–Trinajstić information content (AvgIpc) is 2.59.